The topological polar surface area (TPSA) is 95.4 Å². The Morgan fingerprint density at radius 2 is 2.12 bits per heavy atom. The SMILES string of the molecule is CCNC(=NCC1(CCO)CCOC1)NCCN(C)C(=O)OC(C)(C)C. The fraction of sp³-hybridized carbons (Fsp3) is 0.889. The van der Waals surface area contributed by atoms with Crippen molar-refractivity contribution in [2.45, 2.75) is 46.1 Å². The molecule has 152 valence electrons. The summed E-state index contributed by atoms with van der Waals surface area (Å²) in [5.41, 5.74) is -0.579. The van der Waals surface area contributed by atoms with E-state index in [9.17, 15) is 9.90 Å². The number of aliphatic imine (C=N–C) groups is 1. The maximum absolute atomic E-state index is 12.0. The molecular weight excluding hydrogens is 336 g/mol. The van der Waals surface area contributed by atoms with E-state index in [4.69, 9.17) is 9.47 Å². The Bertz CT molecular complexity index is 457. The zero-order chi connectivity index (χ0) is 19.6. The third-order valence-electron chi connectivity index (χ3n) is 4.19. The second kappa shape index (κ2) is 10.6. The van der Waals surface area contributed by atoms with E-state index in [1.165, 1.54) is 0 Å². The van der Waals surface area contributed by atoms with Gasteiger partial charge in [-0.25, -0.2) is 4.79 Å². The minimum Gasteiger partial charge on any atom is -0.444 e. The van der Waals surface area contributed by atoms with E-state index in [-0.39, 0.29) is 18.1 Å². The second-order valence-corrected chi connectivity index (χ2v) is 7.80. The molecule has 0 aromatic heterocycles. The molecule has 0 aromatic carbocycles. The number of nitrogens with one attached hydrogen (secondary N) is 2. The van der Waals surface area contributed by atoms with Gasteiger partial charge in [-0.3, -0.25) is 4.99 Å². The largest absolute Gasteiger partial charge is 0.444 e. The highest BCUT2D eigenvalue weighted by Crippen LogP contribution is 2.32. The van der Waals surface area contributed by atoms with Crippen LogP contribution >= 0.6 is 0 Å². The van der Waals surface area contributed by atoms with Gasteiger partial charge in [-0.15, -0.1) is 0 Å². The highest BCUT2D eigenvalue weighted by atomic mass is 16.6. The van der Waals surface area contributed by atoms with E-state index in [1.54, 1.807) is 11.9 Å². The highest BCUT2D eigenvalue weighted by molar-refractivity contribution is 5.79. The molecule has 0 bridgehead atoms. The molecule has 8 heteroatoms. The summed E-state index contributed by atoms with van der Waals surface area (Å²) in [6.07, 6.45) is 1.26. The van der Waals surface area contributed by atoms with Crippen molar-refractivity contribution < 1.29 is 19.4 Å². The Balaban J connectivity index is 2.50. The van der Waals surface area contributed by atoms with Gasteiger partial charge in [0.2, 0.25) is 0 Å². The van der Waals surface area contributed by atoms with Crippen molar-refractivity contribution in [3.05, 3.63) is 0 Å². The quantitative estimate of drug-likeness (QED) is 0.438. The van der Waals surface area contributed by atoms with Crippen LogP contribution in [-0.4, -0.2) is 80.7 Å². The van der Waals surface area contributed by atoms with Crippen LogP contribution in [0.5, 0.6) is 0 Å². The Hall–Kier alpha value is -1.54. The fourth-order valence-corrected chi connectivity index (χ4v) is 2.65. The van der Waals surface area contributed by atoms with E-state index in [1.807, 2.05) is 27.7 Å². The number of likely N-dealkylation sites (N-methyl/N-ethyl adjacent to an activating group) is 1. The lowest BCUT2D eigenvalue weighted by molar-refractivity contribution is 0.0302. The predicted octanol–water partition coefficient (Wildman–Crippen LogP) is 1.20. The number of hydrogen-bond donors (Lipinski definition) is 3. The smallest absolute Gasteiger partial charge is 0.410 e. The Kier molecular flexibility index (Phi) is 9.15. The van der Waals surface area contributed by atoms with Crippen molar-refractivity contribution in [3.8, 4) is 0 Å². The molecule has 3 N–H and O–H groups in total. The molecule has 1 fully saturated rings. The molecule has 1 heterocycles. The maximum atomic E-state index is 12.0. The summed E-state index contributed by atoms with van der Waals surface area (Å²) < 4.78 is 10.8. The van der Waals surface area contributed by atoms with E-state index < -0.39 is 5.60 Å². The Morgan fingerprint density at radius 3 is 2.65 bits per heavy atom. The number of guanidine groups is 1. The number of nitrogens with zero attached hydrogens (tertiary/aromatic N) is 2. The Labute approximate surface area is 157 Å². The maximum Gasteiger partial charge on any atom is 0.410 e. The number of amides is 1. The standard InChI is InChI=1S/C18H36N4O4/c1-6-19-15(21-13-18(7-11-23)8-12-25-14-18)20-9-10-22(5)16(24)26-17(2,3)4/h23H,6-14H2,1-5H3,(H2,19,20,21). The first kappa shape index (κ1) is 22.5. The second-order valence-electron chi connectivity index (χ2n) is 7.80. The van der Waals surface area contributed by atoms with Crippen molar-refractivity contribution in [2.75, 3.05) is 53.0 Å². The highest BCUT2D eigenvalue weighted by Gasteiger charge is 2.34. The molecule has 1 rings (SSSR count). The minimum atomic E-state index is -0.500. The summed E-state index contributed by atoms with van der Waals surface area (Å²) in [5, 5.41) is 15.8. The van der Waals surface area contributed by atoms with Crippen molar-refractivity contribution in [3.63, 3.8) is 0 Å². The molecule has 1 aliphatic rings. The van der Waals surface area contributed by atoms with Gasteiger partial charge in [0.05, 0.1) is 13.2 Å². The van der Waals surface area contributed by atoms with Crippen LogP contribution in [0.15, 0.2) is 4.99 Å². The first-order valence-electron chi connectivity index (χ1n) is 9.36. The van der Waals surface area contributed by atoms with Gasteiger partial charge in [0.25, 0.3) is 0 Å². The van der Waals surface area contributed by atoms with Crippen LogP contribution in [0.3, 0.4) is 0 Å². The molecule has 0 saturated carbocycles. The summed E-state index contributed by atoms with van der Waals surface area (Å²) in [6.45, 7) is 11.5. The third kappa shape index (κ3) is 8.23. The predicted molar refractivity (Wildman–Crippen MR) is 102 cm³/mol. The number of rotatable bonds is 8. The van der Waals surface area contributed by atoms with Gasteiger partial charge in [-0.1, -0.05) is 0 Å². The van der Waals surface area contributed by atoms with E-state index >= 15 is 0 Å². The van der Waals surface area contributed by atoms with Crippen LogP contribution in [0.1, 0.15) is 40.5 Å². The van der Waals surface area contributed by atoms with E-state index in [0.717, 1.165) is 19.6 Å². The normalized spacial score (nSPS) is 20.8. The number of aliphatic hydroxyl groups is 1. The number of aliphatic hydroxyl groups excluding tert-OH is 1. The van der Waals surface area contributed by atoms with Gasteiger partial charge in [-0.2, -0.15) is 0 Å². The van der Waals surface area contributed by atoms with Gasteiger partial charge in [0.1, 0.15) is 5.60 Å². The lowest BCUT2D eigenvalue weighted by atomic mass is 9.84. The van der Waals surface area contributed by atoms with Crippen molar-refractivity contribution in [1.29, 1.82) is 0 Å². The van der Waals surface area contributed by atoms with Gasteiger partial charge >= 0.3 is 6.09 Å². The summed E-state index contributed by atoms with van der Waals surface area (Å²) in [6, 6.07) is 0. The monoisotopic (exact) mass is 372 g/mol. The molecule has 1 unspecified atom stereocenters. The Morgan fingerprint density at radius 1 is 1.38 bits per heavy atom. The van der Waals surface area contributed by atoms with Crippen LogP contribution < -0.4 is 10.6 Å². The zero-order valence-electron chi connectivity index (χ0n) is 16.9. The van der Waals surface area contributed by atoms with Crippen molar-refractivity contribution in [1.82, 2.24) is 15.5 Å². The number of ether oxygens (including phenoxy) is 2. The zero-order valence-corrected chi connectivity index (χ0v) is 16.9. The fourth-order valence-electron chi connectivity index (χ4n) is 2.65. The first-order chi connectivity index (χ1) is 12.2. The molecular formula is C18H36N4O4. The minimum absolute atomic E-state index is 0.0790. The summed E-state index contributed by atoms with van der Waals surface area (Å²) in [4.78, 5) is 18.2. The molecule has 26 heavy (non-hydrogen) atoms. The van der Waals surface area contributed by atoms with Crippen LogP contribution in [0.4, 0.5) is 4.79 Å². The molecule has 0 spiro atoms. The van der Waals surface area contributed by atoms with Gasteiger partial charge in [-0.05, 0) is 40.5 Å². The molecule has 0 radical (unpaired) electrons. The summed E-state index contributed by atoms with van der Waals surface area (Å²) >= 11 is 0. The van der Waals surface area contributed by atoms with Crippen LogP contribution in [-0.2, 0) is 9.47 Å². The third-order valence-corrected chi connectivity index (χ3v) is 4.19. The average molecular weight is 373 g/mol. The summed E-state index contributed by atoms with van der Waals surface area (Å²) in [5.74, 6) is 0.703. The number of carbonyl (C=O) groups is 1. The lowest BCUT2D eigenvalue weighted by Crippen LogP contribution is -2.43. The van der Waals surface area contributed by atoms with Crippen molar-refractivity contribution >= 4 is 12.1 Å². The molecule has 1 atom stereocenters. The lowest BCUT2D eigenvalue weighted by Gasteiger charge is -2.26. The van der Waals surface area contributed by atoms with E-state index in [2.05, 4.69) is 15.6 Å². The molecule has 1 amide bonds. The van der Waals surface area contributed by atoms with Gasteiger partial charge in [0, 0.05) is 45.3 Å². The first-order valence-corrected chi connectivity index (χ1v) is 9.36. The van der Waals surface area contributed by atoms with Crippen LogP contribution in [0.2, 0.25) is 0 Å². The number of hydrogen-bond acceptors (Lipinski definition) is 5. The van der Waals surface area contributed by atoms with Crippen molar-refractivity contribution in [2.24, 2.45) is 10.4 Å². The van der Waals surface area contributed by atoms with Crippen LogP contribution in [0, 0.1) is 5.41 Å². The van der Waals surface area contributed by atoms with Gasteiger partial charge in [0.15, 0.2) is 5.96 Å². The van der Waals surface area contributed by atoms with Gasteiger partial charge < -0.3 is 30.1 Å². The molecule has 1 aliphatic heterocycles. The average Bonchev–Trinajstić information content (AvgIpc) is 3.00. The molecule has 0 aliphatic carbocycles. The molecule has 0 aromatic rings. The van der Waals surface area contributed by atoms with E-state index in [0.29, 0.717) is 38.6 Å². The number of carbonyl (C=O) groups excluding carboxylic acids is 1. The molecule has 8 nitrogen and oxygen atoms in total. The summed E-state index contributed by atoms with van der Waals surface area (Å²) in [7, 11) is 1.71. The van der Waals surface area contributed by atoms with Crippen LogP contribution in [0.25, 0.3) is 0 Å². The molecule has 1 saturated heterocycles.